The van der Waals surface area contributed by atoms with Gasteiger partial charge in [-0.3, -0.25) is 5.32 Å². The molecule has 2 aromatic rings. The molecular weight excluding hydrogens is 304 g/mol. The van der Waals surface area contributed by atoms with E-state index in [1.165, 1.54) is 11.5 Å². The zero-order chi connectivity index (χ0) is 15.7. The van der Waals surface area contributed by atoms with Crippen LogP contribution in [0.25, 0.3) is 0 Å². The van der Waals surface area contributed by atoms with Gasteiger partial charge in [0.25, 0.3) is 0 Å². The number of carbonyl (C=O) groups is 1. The van der Waals surface area contributed by atoms with Gasteiger partial charge in [0.15, 0.2) is 5.82 Å². The lowest BCUT2D eigenvalue weighted by Gasteiger charge is -2.36. The number of nitrogens with one attached hydrogen (secondary N) is 1. The van der Waals surface area contributed by atoms with Crippen LogP contribution in [0.3, 0.4) is 0 Å². The minimum Gasteiger partial charge on any atom is -0.339 e. The van der Waals surface area contributed by atoms with Gasteiger partial charge in [0, 0.05) is 31.0 Å². The highest BCUT2D eigenvalue weighted by molar-refractivity contribution is 7.09. The van der Waals surface area contributed by atoms with E-state index in [-0.39, 0.29) is 11.9 Å². The molecule has 2 amide bonds. The highest BCUT2D eigenvalue weighted by Crippen LogP contribution is 2.26. The Kier molecular flexibility index (Phi) is 4.06. The lowest BCUT2D eigenvalue weighted by Crippen LogP contribution is -2.50. The van der Waals surface area contributed by atoms with Gasteiger partial charge in [-0.05, 0) is 12.8 Å². The van der Waals surface area contributed by atoms with E-state index in [4.69, 9.17) is 4.52 Å². The molecule has 3 rings (SSSR count). The van der Waals surface area contributed by atoms with E-state index < -0.39 is 0 Å². The number of rotatable bonds is 4. The molecule has 118 valence electrons. The normalized spacial score (nSPS) is 15.2. The number of aromatic nitrogens is 4. The summed E-state index contributed by atoms with van der Waals surface area (Å²) in [5.41, 5.74) is 0. The molecule has 1 N–H and O–H groups in total. The summed E-state index contributed by atoms with van der Waals surface area (Å²) in [6.07, 6.45) is 0.814. The molecule has 0 saturated carbocycles. The zero-order valence-corrected chi connectivity index (χ0v) is 13.6. The minimum absolute atomic E-state index is 0.123. The first kappa shape index (κ1) is 14.9. The van der Waals surface area contributed by atoms with Crippen LogP contribution in [0.15, 0.2) is 4.52 Å². The Morgan fingerprint density at radius 2 is 2.23 bits per heavy atom. The summed E-state index contributed by atoms with van der Waals surface area (Å²) in [5, 5.41) is 7.08. The van der Waals surface area contributed by atoms with Crippen molar-refractivity contribution in [3.05, 3.63) is 17.5 Å². The third kappa shape index (κ3) is 3.24. The number of aryl methyl sites for hydroxylation is 1. The second-order valence-corrected chi connectivity index (χ2v) is 6.58. The summed E-state index contributed by atoms with van der Waals surface area (Å²) in [6, 6.07) is -0.167. The van der Waals surface area contributed by atoms with Gasteiger partial charge in [0.1, 0.15) is 5.82 Å². The van der Waals surface area contributed by atoms with Gasteiger partial charge in [-0.1, -0.05) is 19.0 Å². The molecule has 0 atom stereocenters. The maximum Gasteiger partial charge on any atom is 0.323 e. The zero-order valence-electron chi connectivity index (χ0n) is 12.7. The standard InChI is InChI=1S/C13H18N6O2S/c1-7(2)4-10-15-12(22-18-10)16-13(20)19-5-9(6-19)11-14-8(3)17-21-11/h7,9H,4-6H2,1-3H3,(H,15,16,18,20). The van der Waals surface area contributed by atoms with Crippen LogP contribution in [0.1, 0.15) is 37.3 Å². The van der Waals surface area contributed by atoms with Crippen molar-refractivity contribution in [1.29, 1.82) is 0 Å². The van der Waals surface area contributed by atoms with E-state index in [9.17, 15) is 4.79 Å². The number of anilines is 1. The molecular formula is C13H18N6O2S. The van der Waals surface area contributed by atoms with Crippen LogP contribution in [0.5, 0.6) is 0 Å². The average Bonchev–Trinajstić information content (AvgIpc) is 2.97. The molecule has 0 bridgehead atoms. The fourth-order valence-corrected chi connectivity index (χ4v) is 2.79. The van der Waals surface area contributed by atoms with E-state index in [2.05, 4.69) is 38.7 Å². The third-order valence-corrected chi connectivity index (χ3v) is 4.00. The average molecular weight is 322 g/mol. The molecule has 9 heteroatoms. The monoisotopic (exact) mass is 322 g/mol. The van der Waals surface area contributed by atoms with Crippen molar-refractivity contribution in [3.63, 3.8) is 0 Å². The number of amides is 2. The molecule has 0 aromatic carbocycles. The molecule has 2 aromatic heterocycles. The Bertz CT molecular complexity index is 661. The largest absolute Gasteiger partial charge is 0.339 e. The number of carbonyl (C=O) groups excluding carboxylic acids is 1. The summed E-state index contributed by atoms with van der Waals surface area (Å²) in [5.74, 6) is 2.60. The van der Waals surface area contributed by atoms with Crippen molar-refractivity contribution in [3.8, 4) is 0 Å². The van der Waals surface area contributed by atoms with Gasteiger partial charge in [-0.25, -0.2) is 9.78 Å². The maximum absolute atomic E-state index is 12.1. The van der Waals surface area contributed by atoms with Crippen LogP contribution in [-0.2, 0) is 6.42 Å². The highest BCUT2D eigenvalue weighted by atomic mass is 32.1. The van der Waals surface area contributed by atoms with Crippen molar-refractivity contribution >= 4 is 22.7 Å². The number of hydrogen-bond donors (Lipinski definition) is 1. The van der Waals surface area contributed by atoms with Crippen LogP contribution in [-0.4, -0.2) is 43.5 Å². The molecule has 0 spiro atoms. The molecule has 0 radical (unpaired) electrons. The van der Waals surface area contributed by atoms with E-state index in [0.717, 1.165) is 12.2 Å². The first-order valence-corrected chi connectivity index (χ1v) is 7.97. The fourth-order valence-electron chi connectivity index (χ4n) is 2.20. The van der Waals surface area contributed by atoms with Gasteiger partial charge in [-0.2, -0.15) is 9.36 Å². The first-order valence-electron chi connectivity index (χ1n) is 7.20. The van der Waals surface area contributed by atoms with Crippen LogP contribution < -0.4 is 5.32 Å². The van der Waals surface area contributed by atoms with E-state index in [1.54, 1.807) is 11.8 Å². The fraction of sp³-hybridized carbons (Fsp3) is 0.615. The van der Waals surface area contributed by atoms with Crippen LogP contribution >= 0.6 is 11.5 Å². The maximum atomic E-state index is 12.1. The molecule has 0 unspecified atom stereocenters. The van der Waals surface area contributed by atoms with E-state index in [0.29, 0.717) is 35.9 Å². The lowest BCUT2D eigenvalue weighted by atomic mass is 10.0. The minimum atomic E-state index is -0.167. The highest BCUT2D eigenvalue weighted by Gasteiger charge is 2.35. The summed E-state index contributed by atoms with van der Waals surface area (Å²) in [7, 11) is 0. The summed E-state index contributed by atoms with van der Waals surface area (Å²) >= 11 is 1.21. The number of hydrogen-bond acceptors (Lipinski definition) is 7. The van der Waals surface area contributed by atoms with Crippen molar-refractivity contribution in [1.82, 2.24) is 24.4 Å². The van der Waals surface area contributed by atoms with Gasteiger partial charge in [0.2, 0.25) is 11.0 Å². The molecule has 8 nitrogen and oxygen atoms in total. The van der Waals surface area contributed by atoms with Crippen molar-refractivity contribution in [2.24, 2.45) is 5.92 Å². The van der Waals surface area contributed by atoms with Crippen molar-refractivity contribution in [2.45, 2.75) is 33.1 Å². The molecule has 22 heavy (non-hydrogen) atoms. The second kappa shape index (κ2) is 5.99. The predicted octanol–water partition coefficient (Wildman–Crippen LogP) is 2.06. The van der Waals surface area contributed by atoms with Gasteiger partial charge in [0.05, 0.1) is 5.92 Å². The molecule has 1 aliphatic heterocycles. The predicted molar refractivity (Wildman–Crippen MR) is 80.8 cm³/mol. The Balaban J connectivity index is 1.50. The smallest absolute Gasteiger partial charge is 0.323 e. The second-order valence-electron chi connectivity index (χ2n) is 5.83. The lowest BCUT2D eigenvalue weighted by molar-refractivity contribution is 0.147. The Hall–Kier alpha value is -2.03. The third-order valence-electron chi connectivity index (χ3n) is 3.33. The Morgan fingerprint density at radius 1 is 1.45 bits per heavy atom. The first-order chi connectivity index (χ1) is 10.5. The Labute approximate surface area is 132 Å². The molecule has 3 heterocycles. The number of urea groups is 1. The van der Waals surface area contributed by atoms with E-state index in [1.807, 2.05) is 0 Å². The van der Waals surface area contributed by atoms with Gasteiger partial charge >= 0.3 is 6.03 Å². The van der Waals surface area contributed by atoms with Gasteiger partial charge in [-0.15, -0.1) is 0 Å². The number of nitrogens with zero attached hydrogens (tertiary/aromatic N) is 5. The van der Waals surface area contributed by atoms with Crippen LogP contribution in [0, 0.1) is 12.8 Å². The van der Waals surface area contributed by atoms with Crippen LogP contribution in [0.4, 0.5) is 9.93 Å². The van der Waals surface area contributed by atoms with Gasteiger partial charge < -0.3 is 9.42 Å². The summed E-state index contributed by atoms with van der Waals surface area (Å²) in [6.45, 7) is 7.15. The SMILES string of the molecule is Cc1noc(C2CN(C(=O)Nc3nc(CC(C)C)ns3)C2)n1. The Morgan fingerprint density at radius 3 is 2.86 bits per heavy atom. The number of likely N-dealkylation sites (tertiary alicyclic amines) is 1. The van der Waals surface area contributed by atoms with E-state index >= 15 is 0 Å². The summed E-state index contributed by atoms with van der Waals surface area (Å²) < 4.78 is 9.36. The molecule has 1 fully saturated rings. The molecule has 0 aliphatic carbocycles. The summed E-state index contributed by atoms with van der Waals surface area (Å²) in [4.78, 5) is 22.3. The topological polar surface area (TPSA) is 97.0 Å². The molecule has 1 saturated heterocycles. The quantitative estimate of drug-likeness (QED) is 0.925. The van der Waals surface area contributed by atoms with Crippen molar-refractivity contribution in [2.75, 3.05) is 18.4 Å². The van der Waals surface area contributed by atoms with Crippen molar-refractivity contribution < 1.29 is 9.32 Å². The van der Waals surface area contributed by atoms with Crippen LogP contribution in [0.2, 0.25) is 0 Å². The molecule has 1 aliphatic rings.